The van der Waals surface area contributed by atoms with Crippen LogP contribution in [0.4, 0.5) is 0 Å². The molecule has 1 fully saturated rings. The Morgan fingerprint density at radius 3 is 2.50 bits per heavy atom. The first kappa shape index (κ1) is 17.2. The molecule has 8 nitrogen and oxygen atoms in total. The number of fused-ring (bicyclic) bond motifs is 1. The van der Waals surface area contributed by atoms with E-state index in [1.807, 2.05) is 0 Å². The largest absolute Gasteiger partial charge is 1.00 e. The van der Waals surface area contributed by atoms with Crippen LogP contribution in [0.2, 0.25) is 0 Å². The molecule has 0 aliphatic carbocycles. The Labute approximate surface area is 137 Å². The van der Waals surface area contributed by atoms with Crippen molar-refractivity contribution in [1.82, 2.24) is 4.90 Å². The Hall–Kier alpha value is -0.900. The zero-order valence-corrected chi connectivity index (χ0v) is 13.7. The number of hydrogen-bond acceptors (Lipinski definition) is 7. The van der Waals surface area contributed by atoms with Gasteiger partial charge in [-0.05, 0) is 0 Å². The van der Waals surface area contributed by atoms with Gasteiger partial charge in [-0.2, -0.15) is 0 Å². The summed E-state index contributed by atoms with van der Waals surface area (Å²) in [5, 5.41) is 9.91. The molecule has 2 aliphatic rings. The first-order chi connectivity index (χ1) is 8.74. The molecule has 104 valence electrons. The van der Waals surface area contributed by atoms with Crippen molar-refractivity contribution in [3.05, 3.63) is 11.3 Å². The fourth-order valence-electron chi connectivity index (χ4n) is 2.06. The van der Waals surface area contributed by atoms with E-state index < -0.39 is 51.1 Å². The zero-order chi connectivity index (χ0) is 14.4. The summed E-state index contributed by atoms with van der Waals surface area (Å²) < 4.78 is 28.3. The summed E-state index contributed by atoms with van der Waals surface area (Å²) in [5.74, 6) is -3.50. The van der Waals surface area contributed by atoms with E-state index in [1.165, 1.54) is 0 Å². The molecule has 0 N–H and O–H groups in total. The number of esters is 1. The van der Waals surface area contributed by atoms with Gasteiger partial charge in [0.2, 0.25) is 5.91 Å². The third kappa shape index (κ3) is 2.90. The van der Waals surface area contributed by atoms with Gasteiger partial charge < -0.3 is 14.6 Å². The zero-order valence-electron chi connectivity index (χ0n) is 10.9. The summed E-state index contributed by atoms with van der Waals surface area (Å²) in [7, 11) is -3.66. The molecule has 0 unspecified atom stereocenters. The standard InChI is InChI=1S/C10H11NO7S.Na/c1-5(12)18-3-6-4-19(16,17)8-2-7(13)11(8)9(6)10(14)15;/h8H,2-4H2,1H3,(H,14,15);/q;+1/p-1/t8-;/m1./s1. The van der Waals surface area contributed by atoms with E-state index in [2.05, 4.69) is 4.74 Å². The third-order valence-corrected chi connectivity index (χ3v) is 4.87. The normalized spacial score (nSPS) is 23.4. The number of rotatable bonds is 3. The van der Waals surface area contributed by atoms with Gasteiger partial charge in [-0.15, -0.1) is 0 Å². The van der Waals surface area contributed by atoms with Gasteiger partial charge in [0.05, 0.1) is 23.8 Å². The van der Waals surface area contributed by atoms with E-state index in [1.54, 1.807) is 0 Å². The predicted molar refractivity (Wildman–Crippen MR) is 57.7 cm³/mol. The summed E-state index contributed by atoms with van der Waals surface area (Å²) in [6.45, 7) is 0.614. The molecule has 0 bridgehead atoms. The number of ether oxygens (including phenoxy) is 1. The Morgan fingerprint density at radius 2 is 2.05 bits per heavy atom. The minimum absolute atomic E-state index is 0. The van der Waals surface area contributed by atoms with Crippen LogP contribution >= 0.6 is 0 Å². The number of hydrogen-bond donors (Lipinski definition) is 0. The van der Waals surface area contributed by atoms with E-state index >= 15 is 0 Å². The second-order valence-corrected chi connectivity index (χ2v) is 6.41. The van der Waals surface area contributed by atoms with Gasteiger partial charge in [0.25, 0.3) is 0 Å². The molecule has 0 spiro atoms. The van der Waals surface area contributed by atoms with Crippen molar-refractivity contribution in [1.29, 1.82) is 0 Å². The molecule has 2 heterocycles. The third-order valence-electron chi connectivity index (χ3n) is 2.91. The van der Waals surface area contributed by atoms with Crippen molar-refractivity contribution in [2.24, 2.45) is 0 Å². The molecular formula is C10H10NNaO7S. The molecule has 0 aromatic heterocycles. The second-order valence-electron chi connectivity index (χ2n) is 4.25. The molecule has 0 saturated carbocycles. The molecule has 2 aliphatic heterocycles. The molecule has 2 rings (SSSR count). The number of nitrogens with zero attached hydrogens (tertiary/aromatic N) is 1. The molecule has 10 heteroatoms. The average Bonchev–Trinajstić information content (AvgIpc) is 2.26. The molecular weight excluding hydrogens is 301 g/mol. The van der Waals surface area contributed by atoms with Crippen LogP contribution in [-0.2, 0) is 29.0 Å². The fourth-order valence-corrected chi connectivity index (χ4v) is 3.90. The van der Waals surface area contributed by atoms with Gasteiger partial charge in [0, 0.05) is 12.5 Å². The molecule has 0 radical (unpaired) electrons. The van der Waals surface area contributed by atoms with Crippen molar-refractivity contribution in [3.8, 4) is 0 Å². The van der Waals surface area contributed by atoms with E-state index in [0.717, 1.165) is 6.92 Å². The molecule has 1 atom stereocenters. The maximum Gasteiger partial charge on any atom is 1.00 e. The SMILES string of the molecule is CC(=O)OCC1=C(C(=O)[O-])N2C(=O)C[C@H]2S(=O)(=O)C1.[Na+]. The van der Waals surface area contributed by atoms with Crippen LogP contribution in [0.3, 0.4) is 0 Å². The van der Waals surface area contributed by atoms with Gasteiger partial charge in [-0.1, -0.05) is 0 Å². The first-order valence-corrected chi connectivity index (χ1v) is 7.06. The Bertz CT molecular complexity index is 609. The number of carbonyl (C=O) groups excluding carboxylic acids is 3. The van der Waals surface area contributed by atoms with Crippen LogP contribution in [0.5, 0.6) is 0 Å². The van der Waals surface area contributed by atoms with Gasteiger partial charge in [-0.25, -0.2) is 8.42 Å². The van der Waals surface area contributed by atoms with E-state index in [-0.39, 0.29) is 41.6 Å². The summed E-state index contributed by atoms with van der Waals surface area (Å²) in [5.41, 5.74) is -0.656. The number of sulfone groups is 1. The van der Waals surface area contributed by atoms with Crippen LogP contribution in [0, 0.1) is 0 Å². The summed E-state index contributed by atoms with van der Waals surface area (Å²) >= 11 is 0. The van der Waals surface area contributed by atoms with E-state index in [4.69, 9.17) is 0 Å². The molecule has 0 aromatic carbocycles. The van der Waals surface area contributed by atoms with Gasteiger partial charge in [-0.3, -0.25) is 14.5 Å². The molecule has 1 amide bonds. The van der Waals surface area contributed by atoms with Crippen LogP contribution in [0.15, 0.2) is 11.3 Å². The number of carboxylic acids is 1. The maximum atomic E-state index is 11.8. The smallest absolute Gasteiger partial charge is 0.543 e. The quantitative estimate of drug-likeness (QED) is 0.290. The van der Waals surface area contributed by atoms with E-state index in [0.29, 0.717) is 4.90 Å². The molecule has 20 heavy (non-hydrogen) atoms. The number of amides is 1. The van der Waals surface area contributed by atoms with Crippen molar-refractivity contribution < 1.29 is 62.2 Å². The summed E-state index contributed by atoms with van der Waals surface area (Å²) in [6.07, 6.45) is -0.236. The number of aliphatic carboxylic acids is 1. The monoisotopic (exact) mass is 311 g/mol. The van der Waals surface area contributed by atoms with Gasteiger partial charge in [0.1, 0.15) is 12.0 Å². The van der Waals surface area contributed by atoms with Crippen molar-refractivity contribution in [3.63, 3.8) is 0 Å². The fraction of sp³-hybridized carbons (Fsp3) is 0.500. The number of carboxylic acid groups (broad SMARTS) is 1. The maximum absolute atomic E-state index is 11.8. The van der Waals surface area contributed by atoms with Gasteiger partial charge in [0.15, 0.2) is 9.84 Å². The average molecular weight is 311 g/mol. The molecule has 0 aromatic rings. The topological polar surface area (TPSA) is 121 Å². The Morgan fingerprint density at radius 1 is 1.45 bits per heavy atom. The van der Waals surface area contributed by atoms with Crippen molar-refractivity contribution >= 4 is 27.7 Å². The van der Waals surface area contributed by atoms with Crippen molar-refractivity contribution in [2.45, 2.75) is 18.7 Å². The second kappa shape index (κ2) is 5.84. The molecule has 1 saturated heterocycles. The van der Waals surface area contributed by atoms with Crippen LogP contribution < -0.4 is 34.7 Å². The van der Waals surface area contributed by atoms with Crippen molar-refractivity contribution in [2.75, 3.05) is 12.4 Å². The first-order valence-electron chi connectivity index (χ1n) is 5.34. The van der Waals surface area contributed by atoms with Gasteiger partial charge >= 0.3 is 35.5 Å². The van der Waals surface area contributed by atoms with E-state index in [9.17, 15) is 27.9 Å². The Balaban J connectivity index is 0.00000200. The summed E-state index contributed by atoms with van der Waals surface area (Å²) in [6, 6.07) is 0. The number of carbonyl (C=O) groups is 3. The van der Waals surface area contributed by atoms with Crippen LogP contribution in [0.25, 0.3) is 0 Å². The predicted octanol–water partition coefficient (Wildman–Crippen LogP) is -5.46. The van der Waals surface area contributed by atoms with Crippen LogP contribution in [-0.4, -0.2) is 48.9 Å². The number of β-lactam (4-membered cyclic amide) rings is 1. The minimum Gasteiger partial charge on any atom is -0.543 e. The minimum atomic E-state index is -3.66. The van der Waals surface area contributed by atoms with Crippen LogP contribution in [0.1, 0.15) is 13.3 Å². The summed E-state index contributed by atoms with van der Waals surface area (Å²) in [4.78, 5) is 33.8. The Kier molecular flexibility index (Phi) is 5.01.